The summed E-state index contributed by atoms with van der Waals surface area (Å²) in [6.07, 6.45) is 0. The van der Waals surface area contributed by atoms with E-state index in [1.165, 1.54) is 27.8 Å². The molecule has 3 nitrogen and oxygen atoms in total. The predicted molar refractivity (Wildman–Crippen MR) is 213 cm³/mol. The Balaban J connectivity index is 1.37. The van der Waals surface area contributed by atoms with Gasteiger partial charge in [0.05, 0.1) is 22.2 Å². The summed E-state index contributed by atoms with van der Waals surface area (Å²) in [5.74, 6) is 0. The van der Waals surface area contributed by atoms with Gasteiger partial charge in [-0.25, -0.2) is 0 Å². The lowest BCUT2D eigenvalue weighted by molar-refractivity contribution is 0.648. The van der Waals surface area contributed by atoms with Crippen LogP contribution in [0.25, 0.3) is 55.0 Å². The molecule has 0 saturated heterocycles. The van der Waals surface area contributed by atoms with Crippen molar-refractivity contribution >= 4 is 60.9 Å². The van der Waals surface area contributed by atoms with Crippen molar-refractivity contribution < 1.29 is 8.83 Å². The van der Waals surface area contributed by atoms with Crippen molar-refractivity contribution in [2.75, 3.05) is 4.90 Å². The lowest BCUT2D eigenvalue weighted by Crippen LogP contribution is -2.31. The Hall–Kier alpha value is -6.84. The number of rotatable bonds is 5. The maximum atomic E-state index is 7.13. The molecule has 0 saturated carbocycles. The minimum Gasteiger partial charge on any atom is -0.456 e. The van der Waals surface area contributed by atoms with Gasteiger partial charge in [0.25, 0.3) is 0 Å². The summed E-state index contributed by atoms with van der Waals surface area (Å²) < 4.78 is 13.6. The Morgan fingerprint density at radius 1 is 0.385 bits per heavy atom. The molecule has 52 heavy (non-hydrogen) atoms. The second-order valence-corrected chi connectivity index (χ2v) is 13.6. The topological polar surface area (TPSA) is 29.5 Å². The van der Waals surface area contributed by atoms with Crippen molar-refractivity contribution in [3.63, 3.8) is 0 Å². The minimum absolute atomic E-state index is 0.726. The molecule has 1 aliphatic carbocycles. The Morgan fingerprint density at radius 3 is 1.69 bits per heavy atom. The second-order valence-electron chi connectivity index (χ2n) is 13.6. The molecule has 2 aromatic heterocycles. The smallest absolute Gasteiger partial charge is 0.142 e. The first kappa shape index (κ1) is 28.9. The molecule has 0 N–H and O–H groups in total. The van der Waals surface area contributed by atoms with Crippen LogP contribution in [0.5, 0.6) is 0 Å². The summed E-state index contributed by atoms with van der Waals surface area (Å²) in [6, 6.07) is 67.2. The standard InChI is InChI=1S/C49H31NO2/c1-3-16-32(17-4-1)49(39-24-11-7-20-34(39)35-21-8-12-25-40(35)49)47-42(31-30-37-36-22-9-13-27-43(36)52-48(37)47)50(33-18-5-2-6-19-33)41-26-15-29-45-46(41)38-23-10-14-28-44(38)51-45/h1-31H. The summed E-state index contributed by atoms with van der Waals surface area (Å²) in [5.41, 5.74) is 13.0. The molecule has 10 aromatic rings. The van der Waals surface area contributed by atoms with Crippen LogP contribution >= 0.6 is 0 Å². The van der Waals surface area contributed by atoms with Crippen LogP contribution < -0.4 is 4.90 Å². The third-order valence-electron chi connectivity index (χ3n) is 10.9. The third kappa shape index (κ3) is 3.91. The Bertz CT molecular complexity index is 2930. The van der Waals surface area contributed by atoms with E-state index in [2.05, 4.69) is 187 Å². The molecule has 3 heteroatoms. The fourth-order valence-electron chi connectivity index (χ4n) is 8.90. The average Bonchev–Trinajstić information content (AvgIpc) is 3.88. The van der Waals surface area contributed by atoms with E-state index in [4.69, 9.17) is 8.83 Å². The van der Waals surface area contributed by atoms with Crippen LogP contribution in [-0.2, 0) is 5.41 Å². The first-order valence-corrected chi connectivity index (χ1v) is 17.8. The monoisotopic (exact) mass is 665 g/mol. The first-order chi connectivity index (χ1) is 25.8. The Morgan fingerprint density at radius 2 is 0.962 bits per heavy atom. The van der Waals surface area contributed by atoms with Gasteiger partial charge in [-0.3, -0.25) is 0 Å². The summed E-state index contributed by atoms with van der Waals surface area (Å²) in [5, 5.41) is 4.34. The van der Waals surface area contributed by atoms with E-state index < -0.39 is 5.41 Å². The highest BCUT2D eigenvalue weighted by atomic mass is 16.3. The summed E-state index contributed by atoms with van der Waals surface area (Å²) in [4.78, 5) is 2.42. The fraction of sp³-hybridized carbons (Fsp3) is 0.0204. The van der Waals surface area contributed by atoms with Crippen molar-refractivity contribution in [1.29, 1.82) is 0 Å². The maximum Gasteiger partial charge on any atom is 0.142 e. The van der Waals surface area contributed by atoms with Gasteiger partial charge in [0.2, 0.25) is 0 Å². The molecule has 244 valence electrons. The number of hydrogen-bond donors (Lipinski definition) is 0. The lowest BCUT2D eigenvalue weighted by Gasteiger charge is -2.38. The molecule has 0 bridgehead atoms. The van der Waals surface area contributed by atoms with Crippen LogP contribution in [0.3, 0.4) is 0 Å². The fourth-order valence-corrected chi connectivity index (χ4v) is 8.90. The van der Waals surface area contributed by atoms with Gasteiger partial charge in [-0.1, -0.05) is 140 Å². The van der Waals surface area contributed by atoms with Gasteiger partial charge >= 0.3 is 0 Å². The van der Waals surface area contributed by atoms with Crippen molar-refractivity contribution in [1.82, 2.24) is 0 Å². The van der Waals surface area contributed by atoms with E-state index in [0.29, 0.717) is 0 Å². The summed E-state index contributed by atoms with van der Waals surface area (Å²) in [7, 11) is 0. The molecule has 0 radical (unpaired) electrons. The number of hydrogen-bond acceptors (Lipinski definition) is 3. The number of para-hydroxylation sites is 3. The zero-order chi connectivity index (χ0) is 34.2. The zero-order valence-electron chi connectivity index (χ0n) is 28.2. The largest absolute Gasteiger partial charge is 0.456 e. The van der Waals surface area contributed by atoms with Crippen LogP contribution in [0.4, 0.5) is 17.1 Å². The van der Waals surface area contributed by atoms with Gasteiger partial charge in [-0.15, -0.1) is 0 Å². The van der Waals surface area contributed by atoms with Gasteiger partial charge in [-0.05, 0) is 76.3 Å². The maximum absolute atomic E-state index is 7.13. The van der Waals surface area contributed by atoms with E-state index in [0.717, 1.165) is 66.5 Å². The normalized spacial score (nSPS) is 13.2. The highest BCUT2D eigenvalue weighted by molar-refractivity contribution is 6.15. The molecular weight excluding hydrogens is 635 g/mol. The molecule has 8 aromatic carbocycles. The molecule has 1 aliphatic rings. The van der Waals surface area contributed by atoms with Crippen molar-refractivity contribution in [2.24, 2.45) is 0 Å². The SMILES string of the molecule is c1ccc(N(c2ccc3c(oc4ccccc43)c2C2(c3ccccc3)c3ccccc3-c3ccccc32)c2cccc3oc4ccccc4c23)cc1. The van der Waals surface area contributed by atoms with Crippen LogP contribution in [0, 0.1) is 0 Å². The Kier molecular flexibility index (Phi) is 6.17. The molecule has 0 atom stereocenters. The summed E-state index contributed by atoms with van der Waals surface area (Å²) >= 11 is 0. The third-order valence-corrected chi connectivity index (χ3v) is 10.9. The predicted octanol–water partition coefficient (Wildman–Crippen LogP) is 13.3. The molecule has 2 heterocycles. The zero-order valence-corrected chi connectivity index (χ0v) is 28.2. The van der Waals surface area contributed by atoms with Gasteiger partial charge in [0.1, 0.15) is 22.3 Å². The minimum atomic E-state index is -0.726. The van der Waals surface area contributed by atoms with E-state index in [-0.39, 0.29) is 0 Å². The highest BCUT2D eigenvalue weighted by Crippen LogP contribution is 2.61. The number of furan rings is 2. The molecule has 0 unspecified atom stereocenters. The molecule has 0 fully saturated rings. The number of benzene rings is 8. The molecule has 11 rings (SSSR count). The van der Waals surface area contributed by atoms with Gasteiger partial charge in [0.15, 0.2) is 0 Å². The molecule has 0 aliphatic heterocycles. The van der Waals surface area contributed by atoms with Crippen LogP contribution in [0.2, 0.25) is 0 Å². The lowest BCUT2D eigenvalue weighted by atomic mass is 9.66. The molecular formula is C49H31NO2. The van der Waals surface area contributed by atoms with E-state index in [1.54, 1.807) is 0 Å². The Labute approximate surface area is 300 Å². The number of anilines is 3. The van der Waals surface area contributed by atoms with Crippen molar-refractivity contribution in [3.8, 4) is 11.1 Å². The number of fused-ring (bicyclic) bond motifs is 9. The van der Waals surface area contributed by atoms with Crippen LogP contribution in [0.1, 0.15) is 22.3 Å². The van der Waals surface area contributed by atoms with Crippen LogP contribution in [0.15, 0.2) is 197 Å². The van der Waals surface area contributed by atoms with Gasteiger partial charge < -0.3 is 13.7 Å². The number of nitrogens with zero attached hydrogens (tertiary/aromatic N) is 1. The van der Waals surface area contributed by atoms with E-state index in [9.17, 15) is 0 Å². The van der Waals surface area contributed by atoms with Crippen LogP contribution in [-0.4, -0.2) is 0 Å². The summed E-state index contributed by atoms with van der Waals surface area (Å²) in [6.45, 7) is 0. The second kappa shape index (κ2) is 11.1. The van der Waals surface area contributed by atoms with E-state index in [1.807, 2.05) is 6.07 Å². The first-order valence-electron chi connectivity index (χ1n) is 17.8. The van der Waals surface area contributed by atoms with Crippen molar-refractivity contribution in [2.45, 2.75) is 5.41 Å². The van der Waals surface area contributed by atoms with Gasteiger partial charge in [0, 0.05) is 27.4 Å². The van der Waals surface area contributed by atoms with E-state index >= 15 is 0 Å². The molecule has 0 spiro atoms. The van der Waals surface area contributed by atoms with Gasteiger partial charge in [-0.2, -0.15) is 0 Å². The quantitative estimate of drug-likeness (QED) is 0.183. The molecule has 0 amide bonds. The average molecular weight is 666 g/mol. The highest BCUT2D eigenvalue weighted by Gasteiger charge is 2.49. The van der Waals surface area contributed by atoms with Crippen molar-refractivity contribution in [3.05, 3.63) is 210 Å².